The number of tetrazole rings is 1. The SMILES string of the molecule is CCCCc1nc2ccc(NC(=O)CC(C)CC=O)cc2n1Cc1ccc(-c2ccc(Cl)cc2-c2nn[nH]n2)cc1. The average Bonchev–Trinajstić information content (AvgIpc) is 3.61. The third kappa shape index (κ3) is 6.69. The Morgan fingerprint density at radius 1 is 1.10 bits per heavy atom. The van der Waals surface area contributed by atoms with Gasteiger partial charge in [0, 0.05) is 42.1 Å². The molecular weight excluding hydrogens is 538 g/mol. The number of imidazole rings is 1. The second-order valence-electron chi connectivity index (χ2n) is 10.3. The number of aryl methyl sites for hydroxylation is 1. The van der Waals surface area contributed by atoms with E-state index in [0.29, 0.717) is 30.2 Å². The van der Waals surface area contributed by atoms with Crippen molar-refractivity contribution >= 4 is 40.5 Å². The number of hydrogen-bond acceptors (Lipinski definition) is 6. The summed E-state index contributed by atoms with van der Waals surface area (Å²) in [5.41, 5.74) is 6.48. The number of fused-ring (bicyclic) bond motifs is 1. The molecule has 5 aromatic rings. The number of benzene rings is 3. The van der Waals surface area contributed by atoms with Crippen LogP contribution in [0.2, 0.25) is 5.02 Å². The molecule has 2 aromatic heterocycles. The van der Waals surface area contributed by atoms with Gasteiger partial charge in [-0.3, -0.25) is 4.79 Å². The highest BCUT2D eigenvalue weighted by Gasteiger charge is 2.15. The fraction of sp³-hybridized carbons (Fsp3) is 0.290. The molecule has 1 atom stereocenters. The quantitative estimate of drug-likeness (QED) is 0.166. The van der Waals surface area contributed by atoms with Crippen molar-refractivity contribution in [2.45, 2.75) is 52.5 Å². The minimum absolute atomic E-state index is 0.00143. The minimum atomic E-state index is -0.103. The molecule has 2 heterocycles. The van der Waals surface area contributed by atoms with Gasteiger partial charge in [-0.05, 0) is 64.6 Å². The van der Waals surface area contributed by atoms with E-state index in [4.69, 9.17) is 16.6 Å². The van der Waals surface area contributed by atoms with E-state index in [-0.39, 0.29) is 11.8 Å². The van der Waals surface area contributed by atoms with Crippen molar-refractivity contribution in [2.24, 2.45) is 5.92 Å². The van der Waals surface area contributed by atoms with Gasteiger partial charge in [0.25, 0.3) is 0 Å². The van der Waals surface area contributed by atoms with Crippen LogP contribution in [0.25, 0.3) is 33.5 Å². The van der Waals surface area contributed by atoms with E-state index in [0.717, 1.165) is 70.3 Å². The van der Waals surface area contributed by atoms with Crippen LogP contribution in [0.4, 0.5) is 5.69 Å². The van der Waals surface area contributed by atoms with Gasteiger partial charge in [0.2, 0.25) is 11.7 Å². The van der Waals surface area contributed by atoms with Crippen molar-refractivity contribution < 1.29 is 9.59 Å². The lowest BCUT2D eigenvalue weighted by atomic mass is 9.98. The molecule has 0 bridgehead atoms. The van der Waals surface area contributed by atoms with Crippen LogP contribution in [-0.4, -0.2) is 42.4 Å². The minimum Gasteiger partial charge on any atom is -0.326 e. The summed E-state index contributed by atoms with van der Waals surface area (Å²) in [6.45, 7) is 4.71. The number of halogens is 1. The van der Waals surface area contributed by atoms with E-state index < -0.39 is 0 Å². The number of rotatable bonds is 12. The molecule has 0 radical (unpaired) electrons. The Labute approximate surface area is 243 Å². The number of aromatic amines is 1. The Morgan fingerprint density at radius 2 is 1.93 bits per heavy atom. The van der Waals surface area contributed by atoms with Gasteiger partial charge in [-0.2, -0.15) is 5.21 Å². The number of unbranched alkanes of at least 4 members (excludes halogenated alkanes) is 1. The molecule has 1 amide bonds. The molecule has 3 aromatic carbocycles. The zero-order chi connectivity index (χ0) is 28.8. The van der Waals surface area contributed by atoms with E-state index in [2.05, 4.69) is 61.7 Å². The number of aromatic nitrogens is 6. The number of anilines is 1. The molecule has 210 valence electrons. The highest BCUT2D eigenvalue weighted by Crippen LogP contribution is 2.33. The number of carbonyl (C=O) groups excluding carboxylic acids is 2. The first kappa shape index (κ1) is 28.2. The van der Waals surface area contributed by atoms with Gasteiger partial charge >= 0.3 is 0 Å². The number of H-pyrrole nitrogens is 1. The van der Waals surface area contributed by atoms with E-state index in [1.54, 1.807) is 0 Å². The first-order valence-corrected chi connectivity index (χ1v) is 14.2. The van der Waals surface area contributed by atoms with Gasteiger partial charge in [-0.1, -0.05) is 62.2 Å². The summed E-state index contributed by atoms with van der Waals surface area (Å²) in [7, 11) is 0. The maximum atomic E-state index is 12.6. The molecule has 2 N–H and O–H groups in total. The van der Waals surface area contributed by atoms with E-state index in [1.807, 2.05) is 43.3 Å². The lowest BCUT2D eigenvalue weighted by Gasteiger charge is -2.13. The third-order valence-electron chi connectivity index (χ3n) is 7.07. The van der Waals surface area contributed by atoms with E-state index in [1.165, 1.54) is 0 Å². The predicted molar refractivity (Wildman–Crippen MR) is 161 cm³/mol. The van der Waals surface area contributed by atoms with Crippen molar-refractivity contribution in [3.05, 3.63) is 77.1 Å². The number of hydrogen-bond donors (Lipinski definition) is 2. The highest BCUT2D eigenvalue weighted by molar-refractivity contribution is 6.31. The van der Waals surface area contributed by atoms with Crippen molar-refractivity contribution in [3.63, 3.8) is 0 Å². The molecule has 0 fully saturated rings. The van der Waals surface area contributed by atoms with Crippen LogP contribution in [0.3, 0.4) is 0 Å². The van der Waals surface area contributed by atoms with Crippen LogP contribution in [-0.2, 0) is 22.6 Å². The second-order valence-corrected chi connectivity index (χ2v) is 10.7. The summed E-state index contributed by atoms with van der Waals surface area (Å²) in [6.07, 6.45) is 4.50. The topological polar surface area (TPSA) is 118 Å². The van der Waals surface area contributed by atoms with Crippen LogP contribution < -0.4 is 5.32 Å². The van der Waals surface area contributed by atoms with Gasteiger partial charge in [0.1, 0.15) is 12.1 Å². The van der Waals surface area contributed by atoms with Gasteiger partial charge in [-0.15, -0.1) is 10.2 Å². The van der Waals surface area contributed by atoms with Crippen molar-refractivity contribution in [1.82, 2.24) is 30.2 Å². The molecule has 0 spiro atoms. The summed E-state index contributed by atoms with van der Waals surface area (Å²) in [5.74, 6) is 1.40. The van der Waals surface area contributed by atoms with Gasteiger partial charge in [-0.25, -0.2) is 4.98 Å². The molecular formula is C31H32ClN7O2. The lowest BCUT2D eigenvalue weighted by molar-refractivity contribution is -0.117. The zero-order valence-corrected chi connectivity index (χ0v) is 23.9. The Hall–Kier alpha value is -4.37. The second kappa shape index (κ2) is 12.9. The van der Waals surface area contributed by atoms with E-state index in [9.17, 15) is 9.59 Å². The summed E-state index contributed by atoms with van der Waals surface area (Å²) < 4.78 is 2.23. The molecule has 10 heteroatoms. The van der Waals surface area contributed by atoms with Gasteiger partial charge < -0.3 is 14.7 Å². The molecule has 0 saturated carbocycles. The largest absolute Gasteiger partial charge is 0.326 e. The summed E-state index contributed by atoms with van der Waals surface area (Å²) in [5, 5.41) is 18.1. The standard InChI is InChI=1S/C31H32ClN7O2/c1-3-4-5-29-34-27-13-11-24(33-30(41)16-20(2)14-15-40)18-28(27)39(29)19-21-6-8-22(9-7-21)25-12-10-23(32)17-26(25)31-35-37-38-36-31/h6-13,15,17-18,20H,3-5,14,16,19H2,1-2H3,(H,33,41)(H,35,36,37,38). The highest BCUT2D eigenvalue weighted by atomic mass is 35.5. The summed E-state index contributed by atoms with van der Waals surface area (Å²) in [4.78, 5) is 28.3. The van der Waals surface area contributed by atoms with Crippen LogP contribution in [0.5, 0.6) is 0 Å². The van der Waals surface area contributed by atoms with Crippen molar-refractivity contribution in [3.8, 4) is 22.5 Å². The first-order valence-electron chi connectivity index (χ1n) is 13.8. The van der Waals surface area contributed by atoms with Gasteiger partial charge in [0.15, 0.2) is 0 Å². The molecule has 5 rings (SSSR count). The van der Waals surface area contributed by atoms with Crippen LogP contribution in [0.15, 0.2) is 60.7 Å². The number of nitrogens with one attached hydrogen (secondary N) is 2. The number of carbonyl (C=O) groups is 2. The zero-order valence-electron chi connectivity index (χ0n) is 23.1. The molecule has 0 aliphatic rings. The van der Waals surface area contributed by atoms with E-state index >= 15 is 0 Å². The Balaban J connectivity index is 1.42. The summed E-state index contributed by atoms with van der Waals surface area (Å²) in [6, 6.07) is 19.9. The number of amides is 1. The summed E-state index contributed by atoms with van der Waals surface area (Å²) >= 11 is 6.27. The Kier molecular flexibility index (Phi) is 8.84. The smallest absolute Gasteiger partial charge is 0.224 e. The Morgan fingerprint density at radius 3 is 2.66 bits per heavy atom. The fourth-order valence-corrected chi connectivity index (χ4v) is 5.10. The normalized spacial score (nSPS) is 12.0. The van der Waals surface area contributed by atoms with Crippen LogP contribution in [0.1, 0.15) is 50.9 Å². The lowest BCUT2D eigenvalue weighted by Crippen LogP contribution is -2.15. The van der Waals surface area contributed by atoms with Crippen molar-refractivity contribution in [1.29, 1.82) is 0 Å². The molecule has 1 unspecified atom stereocenters. The molecule has 0 aliphatic carbocycles. The van der Waals surface area contributed by atoms with Crippen molar-refractivity contribution in [2.75, 3.05) is 5.32 Å². The first-order chi connectivity index (χ1) is 19.9. The van der Waals surface area contributed by atoms with Crippen LogP contribution in [0, 0.1) is 5.92 Å². The van der Waals surface area contributed by atoms with Gasteiger partial charge in [0.05, 0.1) is 11.0 Å². The maximum Gasteiger partial charge on any atom is 0.224 e. The molecule has 41 heavy (non-hydrogen) atoms. The monoisotopic (exact) mass is 569 g/mol. The Bertz CT molecular complexity index is 1650. The maximum absolute atomic E-state index is 12.6. The molecule has 0 aliphatic heterocycles. The number of nitrogens with zero attached hydrogens (tertiary/aromatic N) is 5. The van der Waals surface area contributed by atoms with Crippen LogP contribution >= 0.6 is 11.6 Å². The molecule has 9 nitrogen and oxygen atoms in total. The number of aldehydes is 1. The predicted octanol–water partition coefficient (Wildman–Crippen LogP) is 6.48. The fourth-order valence-electron chi connectivity index (χ4n) is 4.93. The third-order valence-corrected chi connectivity index (χ3v) is 7.31. The molecule has 0 saturated heterocycles. The average molecular weight is 570 g/mol.